The molecule has 2 aromatic carbocycles. The van der Waals surface area contributed by atoms with Crippen molar-refractivity contribution in [2.75, 3.05) is 33.4 Å². The highest BCUT2D eigenvalue weighted by Gasteiger charge is 2.34. The number of phenols is 1. The van der Waals surface area contributed by atoms with Crippen LogP contribution in [0.5, 0.6) is 11.5 Å². The van der Waals surface area contributed by atoms with Crippen molar-refractivity contribution in [3.63, 3.8) is 0 Å². The molecule has 1 amide bonds. The van der Waals surface area contributed by atoms with Crippen LogP contribution in [0, 0.1) is 0 Å². The number of methoxy groups -OCH3 is 1. The number of carbonyl (C=O) groups excluding carboxylic acids is 1. The summed E-state index contributed by atoms with van der Waals surface area (Å²) in [4.78, 5) is 17.5. The van der Waals surface area contributed by atoms with Gasteiger partial charge in [-0.25, -0.2) is 0 Å². The maximum atomic E-state index is 13.3. The largest absolute Gasteiger partial charge is 0.504 e. The first kappa shape index (κ1) is 18.8. The Bertz CT molecular complexity index is 848. The summed E-state index contributed by atoms with van der Waals surface area (Å²) in [7, 11) is 1.54. The molecular weight excluding hydrogens is 356 g/mol. The average Bonchev–Trinajstić information content (AvgIpc) is 2.74. The van der Waals surface area contributed by atoms with Gasteiger partial charge in [0.2, 0.25) is 5.91 Å². The highest BCUT2D eigenvalue weighted by molar-refractivity contribution is 5.82. The number of ether oxygens (including phenoxy) is 2. The molecule has 1 saturated heterocycles. The van der Waals surface area contributed by atoms with Gasteiger partial charge in [-0.05, 0) is 35.2 Å². The third-order valence-corrected chi connectivity index (χ3v) is 5.58. The second-order valence-corrected chi connectivity index (χ2v) is 7.34. The zero-order valence-corrected chi connectivity index (χ0v) is 16.1. The van der Waals surface area contributed by atoms with Crippen molar-refractivity contribution in [3.05, 3.63) is 59.2 Å². The van der Waals surface area contributed by atoms with Crippen LogP contribution in [0.25, 0.3) is 0 Å². The predicted octanol–water partition coefficient (Wildman–Crippen LogP) is 2.19. The highest BCUT2D eigenvalue weighted by Crippen LogP contribution is 2.30. The molecule has 0 spiro atoms. The van der Waals surface area contributed by atoms with E-state index in [-0.39, 0.29) is 17.7 Å². The molecule has 0 bridgehead atoms. The molecule has 28 heavy (non-hydrogen) atoms. The number of benzene rings is 2. The fourth-order valence-electron chi connectivity index (χ4n) is 4.04. The number of hydrogen-bond acceptors (Lipinski definition) is 5. The Morgan fingerprint density at radius 1 is 1.18 bits per heavy atom. The van der Waals surface area contributed by atoms with Crippen LogP contribution in [0.2, 0.25) is 0 Å². The van der Waals surface area contributed by atoms with Crippen molar-refractivity contribution < 1.29 is 19.4 Å². The average molecular weight is 382 g/mol. The van der Waals surface area contributed by atoms with Crippen molar-refractivity contribution in [2.45, 2.75) is 25.6 Å². The van der Waals surface area contributed by atoms with Gasteiger partial charge in [0.05, 0.1) is 26.4 Å². The molecule has 1 atom stereocenters. The lowest BCUT2D eigenvalue weighted by Gasteiger charge is -2.39. The first-order valence-corrected chi connectivity index (χ1v) is 9.69. The van der Waals surface area contributed by atoms with Crippen LogP contribution >= 0.6 is 0 Å². The molecule has 1 unspecified atom stereocenters. The number of phenolic OH excluding ortho intramolecular Hbond substituents is 1. The molecule has 2 aliphatic heterocycles. The van der Waals surface area contributed by atoms with Crippen molar-refractivity contribution in [1.82, 2.24) is 9.80 Å². The topological polar surface area (TPSA) is 62.2 Å². The van der Waals surface area contributed by atoms with Gasteiger partial charge in [-0.1, -0.05) is 30.3 Å². The molecule has 0 saturated carbocycles. The number of amides is 1. The van der Waals surface area contributed by atoms with Gasteiger partial charge in [-0.2, -0.15) is 0 Å². The van der Waals surface area contributed by atoms with Crippen LogP contribution in [-0.2, 0) is 29.0 Å². The predicted molar refractivity (Wildman–Crippen MR) is 105 cm³/mol. The summed E-state index contributed by atoms with van der Waals surface area (Å²) < 4.78 is 10.7. The Hall–Kier alpha value is -2.57. The van der Waals surface area contributed by atoms with Gasteiger partial charge >= 0.3 is 0 Å². The molecule has 0 radical (unpaired) electrons. The summed E-state index contributed by atoms with van der Waals surface area (Å²) >= 11 is 0. The number of hydrogen-bond donors (Lipinski definition) is 1. The monoisotopic (exact) mass is 382 g/mol. The quantitative estimate of drug-likeness (QED) is 0.878. The first-order valence-electron chi connectivity index (χ1n) is 9.69. The molecule has 2 aromatic rings. The van der Waals surface area contributed by atoms with E-state index in [1.54, 1.807) is 13.2 Å². The normalized spacial score (nSPS) is 19.9. The molecule has 6 heteroatoms. The zero-order chi connectivity index (χ0) is 19.5. The van der Waals surface area contributed by atoms with E-state index in [0.717, 1.165) is 12.1 Å². The minimum Gasteiger partial charge on any atom is -0.504 e. The molecule has 2 heterocycles. The third kappa shape index (κ3) is 3.84. The Morgan fingerprint density at radius 3 is 2.68 bits per heavy atom. The maximum absolute atomic E-state index is 13.3. The minimum absolute atomic E-state index is 0.121. The van der Waals surface area contributed by atoms with Crippen molar-refractivity contribution in [3.8, 4) is 11.5 Å². The molecule has 1 fully saturated rings. The minimum atomic E-state index is -0.201. The smallest absolute Gasteiger partial charge is 0.240 e. The van der Waals surface area contributed by atoms with Crippen LogP contribution in [0.15, 0.2) is 42.5 Å². The zero-order valence-electron chi connectivity index (χ0n) is 16.1. The molecular formula is C22H26N2O4. The van der Waals surface area contributed by atoms with E-state index >= 15 is 0 Å². The van der Waals surface area contributed by atoms with Crippen LogP contribution in [0.1, 0.15) is 16.7 Å². The molecule has 4 rings (SSSR count). The van der Waals surface area contributed by atoms with Gasteiger partial charge in [-0.15, -0.1) is 0 Å². The fourth-order valence-corrected chi connectivity index (χ4v) is 4.04. The number of aromatic hydroxyl groups is 1. The van der Waals surface area contributed by atoms with E-state index in [4.69, 9.17) is 9.47 Å². The van der Waals surface area contributed by atoms with E-state index < -0.39 is 0 Å². The van der Waals surface area contributed by atoms with Crippen LogP contribution < -0.4 is 4.74 Å². The highest BCUT2D eigenvalue weighted by atomic mass is 16.5. The number of carbonyl (C=O) groups is 1. The molecule has 1 N–H and O–H groups in total. The number of rotatable bonds is 4. The SMILES string of the molecule is COc1cc(CN2Cc3ccccc3CC2C(=O)N2CCOCC2)ccc1O. The molecule has 2 aliphatic rings. The van der Waals surface area contributed by atoms with Crippen molar-refractivity contribution in [1.29, 1.82) is 0 Å². The summed E-state index contributed by atoms with van der Waals surface area (Å²) in [5, 5.41) is 9.87. The number of fused-ring (bicyclic) bond motifs is 1. The van der Waals surface area contributed by atoms with E-state index in [9.17, 15) is 9.90 Å². The number of morpholine rings is 1. The molecule has 6 nitrogen and oxygen atoms in total. The summed E-state index contributed by atoms with van der Waals surface area (Å²) in [6.07, 6.45) is 0.710. The van der Waals surface area contributed by atoms with Crippen LogP contribution in [-0.4, -0.2) is 60.3 Å². The second-order valence-electron chi connectivity index (χ2n) is 7.34. The van der Waals surface area contributed by atoms with Gasteiger partial charge < -0.3 is 19.5 Å². The second kappa shape index (κ2) is 8.20. The molecule has 0 aliphatic carbocycles. The lowest BCUT2D eigenvalue weighted by molar-refractivity contribution is -0.142. The Labute approximate surface area is 165 Å². The molecule has 0 aromatic heterocycles. The maximum Gasteiger partial charge on any atom is 0.240 e. The van der Waals surface area contributed by atoms with Gasteiger partial charge in [0.1, 0.15) is 0 Å². The number of nitrogens with zero attached hydrogens (tertiary/aromatic N) is 2. The Kier molecular flexibility index (Phi) is 5.50. The summed E-state index contributed by atoms with van der Waals surface area (Å²) in [5.74, 6) is 0.741. The molecule has 148 valence electrons. The van der Waals surface area contributed by atoms with Gasteiger partial charge in [0.25, 0.3) is 0 Å². The fraction of sp³-hybridized carbons (Fsp3) is 0.409. The Morgan fingerprint density at radius 2 is 1.93 bits per heavy atom. The lowest BCUT2D eigenvalue weighted by Crippen LogP contribution is -2.53. The lowest BCUT2D eigenvalue weighted by atomic mass is 9.92. The van der Waals surface area contributed by atoms with Crippen LogP contribution in [0.3, 0.4) is 0 Å². The standard InChI is InChI=1S/C22H26N2O4/c1-27-21-12-16(6-7-20(21)25)14-24-15-18-5-3-2-4-17(18)13-19(24)22(26)23-8-10-28-11-9-23/h2-7,12,19,25H,8-11,13-15H2,1H3. The summed E-state index contributed by atoms with van der Waals surface area (Å²) in [6, 6.07) is 13.5. The summed E-state index contributed by atoms with van der Waals surface area (Å²) in [6.45, 7) is 3.84. The van der Waals surface area contributed by atoms with Gasteiger partial charge in [0, 0.05) is 26.2 Å². The van der Waals surface area contributed by atoms with E-state index in [0.29, 0.717) is 45.0 Å². The van der Waals surface area contributed by atoms with E-state index in [2.05, 4.69) is 17.0 Å². The van der Waals surface area contributed by atoms with Gasteiger partial charge in [-0.3, -0.25) is 9.69 Å². The van der Waals surface area contributed by atoms with Crippen LogP contribution in [0.4, 0.5) is 0 Å². The Balaban J connectivity index is 1.60. The first-order chi connectivity index (χ1) is 13.7. The van der Waals surface area contributed by atoms with E-state index in [1.165, 1.54) is 11.1 Å². The van der Waals surface area contributed by atoms with Crippen molar-refractivity contribution >= 4 is 5.91 Å². The van der Waals surface area contributed by atoms with E-state index in [1.807, 2.05) is 29.2 Å². The third-order valence-electron chi connectivity index (χ3n) is 5.58. The van der Waals surface area contributed by atoms with Crippen molar-refractivity contribution in [2.24, 2.45) is 0 Å². The van der Waals surface area contributed by atoms with Gasteiger partial charge in [0.15, 0.2) is 11.5 Å². The summed E-state index contributed by atoms with van der Waals surface area (Å²) in [5.41, 5.74) is 3.52.